The van der Waals surface area contributed by atoms with Crippen molar-refractivity contribution in [3.63, 3.8) is 0 Å². The van der Waals surface area contributed by atoms with Crippen molar-refractivity contribution in [2.75, 3.05) is 6.54 Å². The number of carbonyl (C=O) groups excluding carboxylic acids is 2. The van der Waals surface area contributed by atoms with E-state index in [9.17, 15) is 18.4 Å². The maximum atomic E-state index is 14.4. The van der Waals surface area contributed by atoms with E-state index >= 15 is 0 Å². The van der Waals surface area contributed by atoms with E-state index in [1.165, 1.54) is 47.0 Å². The van der Waals surface area contributed by atoms with Crippen molar-refractivity contribution in [1.82, 2.24) is 19.7 Å². The summed E-state index contributed by atoms with van der Waals surface area (Å²) in [5.74, 6) is -1.07. The van der Waals surface area contributed by atoms with Gasteiger partial charge >= 0.3 is 0 Å². The minimum Gasteiger partial charge on any atom is -0.299 e. The molecule has 1 saturated heterocycles. The first-order valence-electron chi connectivity index (χ1n) is 11.0. The van der Waals surface area contributed by atoms with E-state index in [1.807, 2.05) is 4.57 Å². The number of imide groups is 1. The number of hydrogen-bond acceptors (Lipinski definition) is 5. The Balaban J connectivity index is 1.42. The number of hydrogen-bond donors (Lipinski definition) is 0. The van der Waals surface area contributed by atoms with Gasteiger partial charge in [-0.2, -0.15) is 0 Å². The average molecular weight is 469 g/mol. The number of rotatable bonds is 5. The van der Waals surface area contributed by atoms with Crippen LogP contribution < -0.4 is 0 Å². The molecule has 1 saturated carbocycles. The molecule has 2 aromatic carbocycles. The van der Waals surface area contributed by atoms with E-state index < -0.39 is 17.0 Å². The highest BCUT2D eigenvalue weighted by Gasteiger charge is 2.36. The van der Waals surface area contributed by atoms with Crippen molar-refractivity contribution < 1.29 is 18.4 Å². The van der Waals surface area contributed by atoms with E-state index in [0.717, 1.165) is 19.3 Å². The molecule has 0 N–H and O–H groups in total. The van der Waals surface area contributed by atoms with Crippen LogP contribution >= 0.6 is 11.8 Å². The van der Waals surface area contributed by atoms with Gasteiger partial charge in [-0.05, 0) is 62.1 Å². The Morgan fingerprint density at radius 1 is 0.970 bits per heavy atom. The van der Waals surface area contributed by atoms with Crippen LogP contribution in [0.25, 0.3) is 11.4 Å². The lowest BCUT2D eigenvalue weighted by atomic mass is 10.2. The maximum absolute atomic E-state index is 14.4. The Morgan fingerprint density at radius 2 is 1.73 bits per heavy atom. The topological polar surface area (TPSA) is 68.1 Å². The van der Waals surface area contributed by atoms with Gasteiger partial charge in [0, 0.05) is 18.2 Å². The molecule has 0 bridgehead atoms. The van der Waals surface area contributed by atoms with Crippen molar-refractivity contribution in [3.8, 4) is 11.4 Å². The number of benzene rings is 2. The molecule has 2 amide bonds. The van der Waals surface area contributed by atoms with Gasteiger partial charge in [-0.15, -0.1) is 10.2 Å². The second-order valence-electron chi connectivity index (χ2n) is 8.29. The third-order valence-electron chi connectivity index (χ3n) is 5.91. The van der Waals surface area contributed by atoms with Gasteiger partial charge in [0.25, 0.3) is 5.91 Å². The summed E-state index contributed by atoms with van der Waals surface area (Å²) in [6.07, 6.45) is 3.98. The molecule has 2 heterocycles. The van der Waals surface area contributed by atoms with Crippen LogP contribution in [-0.2, 0) is 4.79 Å². The van der Waals surface area contributed by atoms with E-state index in [0.29, 0.717) is 35.9 Å². The molecule has 2 fully saturated rings. The molecule has 2 aliphatic rings. The van der Waals surface area contributed by atoms with E-state index in [2.05, 4.69) is 10.2 Å². The third kappa shape index (κ3) is 4.42. The van der Waals surface area contributed by atoms with Crippen molar-refractivity contribution in [2.24, 2.45) is 0 Å². The summed E-state index contributed by atoms with van der Waals surface area (Å²) in [4.78, 5) is 27.6. The number of aromatic nitrogens is 3. The number of nitrogens with zero attached hydrogens (tertiary/aromatic N) is 4. The van der Waals surface area contributed by atoms with Crippen LogP contribution in [0.3, 0.4) is 0 Å². The van der Waals surface area contributed by atoms with Gasteiger partial charge in [-0.3, -0.25) is 19.1 Å². The molecular weight excluding hydrogens is 446 g/mol. The number of likely N-dealkylation sites (tertiary alicyclic amines) is 1. The number of amides is 2. The predicted molar refractivity (Wildman–Crippen MR) is 120 cm³/mol. The van der Waals surface area contributed by atoms with Gasteiger partial charge in [0.05, 0.1) is 10.8 Å². The smallest absolute Gasteiger partial charge is 0.260 e. The Kier molecular flexibility index (Phi) is 5.97. The fourth-order valence-corrected chi connectivity index (χ4v) is 5.24. The van der Waals surface area contributed by atoms with Gasteiger partial charge < -0.3 is 0 Å². The van der Waals surface area contributed by atoms with Gasteiger partial charge in [0.2, 0.25) is 5.91 Å². The van der Waals surface area contributed by atoms with Crippen LogP contribution in [0.2, 0.25) is 0 Å². The van der Waals surface area contributed by atoms with Crippen LogP contribution in [0.1, 0.15) is 48.5 Å². The molecule has 6 nitrogen and oxygen atoms in total. The van der Waals surface area contributed by atoms with Crippen LogP contribution in [-0.4, -0.2) is 43.3 Å². The van der Waals surface area contributed by atoms with Gasteiger partial charge in [-0.1, -0.05) is 30.3 Å². The Bertz CT molecular complexity index is 1190. The zero-order valence-electron chi connectivity index (χ0n) is 17.8. The number of carbonyl (C=O) groups is 2. The molecule has 1 aliphatic carbocycles. The van der Waals surface area contributed by atoms with E-state index in [-0.39, 0.29) is 23.3 Å². The van der Waals surface area contributed by atoms with Crippen molar-refractivity contribution in [3.05, 3.63) is 65.7 Å². The molecule has 1 aromatic heterocycles. The molecule has 5 rings (SSSR count). The second kappa shape index (κ2) is 9.05. The van der Waals surface area contributed by atoms with Crippen molar-refractivity contribution in [2.45, 2.75) is 48.6 Å². The van der Waals surface area contributed by atoms with Gasteiger partial charge in [0.15, 0.2) is 11.0 Å². The first kappa shape index (κ1) is 21.8. The first-order valence-corrected chi connectivity index (χ1v) is 11.9. The largest absolute Gasteiger partial charge is 0.299 e. The minimum atomic E-state index is -0.507. The van der Waals surface area contributed by atoms with Crippen LogP contribution in [0.5, 0.6) is 0 Å². The Labute approximate surface area is 194 Å². The highest BCUT2D eigenvalue weighted by atomic mass is 32.2. The summed E-state index contributed by atoms with van der Waals surface area (Å²) in [7, 11) is 0. The summed E-state index contributed by atoms with van der Waals surface area (Å²) in [6, 6.07) is 11.8. The summed E-state index contributed by atoms with van der Waals surface area (Å²) in [5.41, 5.74) is 0.655. The predicted octanol–water partition coefficient (Wildman–Crippen LogP) is 4.87. The molecule has 0 radical (unpaired) electrons. The lowest BCUT2D eigenvalue weighted by molar-refractivity contribution is -0.127. The normalized spacial score (nSPS) is 18.9. The Hall–Kier alpha value is -3.07. The summed E-state index contributed by atoms with van der Waals surface area (Å²) >= 11 is 1.28. The molecular formula is C24H22F2N4O2S. The molecule has 0 spiro atoms. The quantitative estimate of drug-likeness (QED) is 0.500. The zero-order valence-corrected chi connectivity index (χ0v) is 18.6. The average Bonchev–Trinajstić information content (AvgIpc) is 3.60. The number of thioether (sulfide) groups is 1. The lowest BCUT2D eigenvalue weighted by Crippen LogP contribution is -2.41. The van der Waals surface area contributed by atoms with Crippen LogP contribution in [0.15, 0.2) is 53.7 Å². The summed E-state index contributed by atoms with van der Waals surface area (Å²) < 4.78 is 29.6. The standard InChI is InChI=1S/C24H22F2N4O2S/c25-16-10-8-15(9-11-16)22(31)29-14-4-3-7-20(23(29)32)33-24-28-27-21(30(24)17-12-13-17)18-5-1-2-6-19(18)26/h1-2,5-6,8-11,17,20H,3-4,7,12-14H2/t20-/m0/s1. The molecule has 9 heteroatoms. The van der Waals surface area contributed by atoms with E-state index in [1.54, 1.807) is 18.2 Å². The third-order valence-corrected chi connectivity index (χ3v) is 7.13. The molecule has 170 valence electrons. The van der Waals surface area contributed by atoms with Crippen molar-refractivity contribution >= 4 is 23.6 Å². The molecule has 1 atom stereocenters. The van der Waals surface area contributed by atoms with Gasteiger partial charge in [0.1, 0.15) is 11.6 Å². The highest BCUT2D eigenvalue weighted by molar-refractivity contribution is 8.00. The monoisotopic (exact) mass is 468 g/mol. The zero-order chi connectivity index (χ0) is 22.9. The van der Waals surface area contributed by atoms with Crippen molar-refractivity contribution in [1.29, 1.82) is 0 Å². The fourth-order valence-electron chi connectivity index (χ4n) is 4.04. The first-order chi connectivity index (χ1) is 16.0. The van der Waals surface area contributed by atoms with Gasteiger partial charge in [-0.25, -0.2) is 8.78 Å². The molecule has 33 heavy (non-hydrogen) atoms. The SMILES string of the molecule is O=C(c1ccc(F)cc1)N1CCCC[C@H](Sc2nnc(-c3ccccc3F)n2C2CC2)C1=O. The van der Waals surface area contributed by atoms with E-state index in [4.69, 9.17) is 0 Å². The second-order valence-corrected chi connectivity index (χ2v) is 9.46. The fraction of sp³-hybridized carbons (Fsp3) is 0.333. The van der Waals surface area contributed by atoms with Crippen LogP contribution in [0.4, 0.5) is 8.78 Å². The number of halogens is 2. The molecule has 0 unspecified atom stereocenters. The molecule has 1 aliphatic heterocycles. The summed E-state index contributed by atoms with van der Waals surface area (Å²) in [6.45, 7) is 0.321. The molecule has 3 aromatic rings. The minimum absolute atomic E-state index is 0.176. The highest BCUT2D eigenvalue weighted by Crippen LogP contribution is 2.43. The Morgan fingerprint density at radius 3 is 2.45 bits per heavy atom. The maximum Gasteiger partial charge on any atom is 0.260 e. The van der Waals surface area contributed by atoms with Crippen LogP contribution in [0, 0.1) is 11.6 Å². The summed E-state index contributed by atoms with van der Waals surface area (Å²) in [5, 5.41) is 8.61. The lowest BCUT2D eigenvalue weighted by Gasteiger charge is -2.22.